The number of hydrogen-bond donors (Lipinski definition) is 2. The number of aliphatic imine (C=N–C) groups is 1. The van der Waals surface area contributed by atoms with Crippen molar-refractivity contribution in [3.8, 4) is 5.75 Å². The second-order valence-corrected chi connectivity index (χ2v) is 4.73. The highest BCUT2D eigenvalue weighted by molar-refractivity contribution is 5.79. The molecule has 2 aromatic rings. The van der Waals surface area contributed by atoms with Crippen molar-refractivity contribution in [2.24, 2.45) is 12.0 Å². The third-order valence-electron chi connectivity index (χ3n) is 3.07. The van der Waals surface area contributed by atoms with Crippen molar-refractivity contribution in [3.63, 3.8) is 0 Å². The van der Waals surface area contributed by atoms with Gasteiger partial charge in [0.05, 0.1) is 18.8 Å². The van der Waals surface area contributed by atoms with Crippen molar-refractivity contribution < 1.29 is 4.74 Å². The second-order valence-electron chi connectivity index (χ2n) is 4.73. The van der Waals surface area contributed by atoms with Crippen LogP contribution in [0, 0.1) is 0 Å². The van der Waals surface area contributed by atoms with Crippen LogP contribution in [-0.4, -0.2) is 35.4 Å². The lowest BCUT2D eigenvalue weighted by Crippen LogP contribution is -2.39. The minimum Gasteiger partial charge on any atom is -0.492 e. The highest BCUT2D eigenvalue weighted by Gasteiger charge is 2.00. The van der Waals surface area contributed by atoms with Crippen LogP contribution < -0.4 is 15.4 Å². The summed E-state index contributed by atoms with van der Waals surface area (Å²) in [6.45, 7) is 4.72. The van der Waals surface area contributed by atoms with Crippen LogP contribution in [0.2, 0.25) is 0 Å². The molecule has 6 nitrogen and oxygen atoms in total. The van der Waals surface area contributed by atoms with Gasteiger partial charge in [-0.1, -0.05) is 18.2 Å². The van der Waals surface area contributed by atoms with Gasteiger partial charge in [0.15, 0.2) is 5.96 Å². The summed E-state index contributed by atoms with van der Waals surface area (Å²) in [6, 6.07) is 11.7. The zero-order chi connectivity index (χ0) is 15.6. The van der Waals surface area contributed by atoms with Crippen LogP contribution in [0.4, 0.5) is 0 Å². The van der Waals surface area contributed by atoms with E-state index in [-0.39, 0.29) is 0 Å². The lowest BCUT2D eigenvalue weighted by molar-refractivity contribution is 0.322. The van der Waals surface area contributed by atoms with E-state index in [0.717, 1.165) is 23.9 Å². The molecule has 22 heavy (non-hydrogen) atoms. The van der Waals surface area contributed by atoms with Gasteiger partial charge >= 0.3 is 0 Å². The summed E-state index contributed by atoms with van der Waals surface area (Å²) in [5.41, 5.74) is 1.07. The molecule has 0 atom stereocenters. The number of aromatic nitrogens is 2. The van der Waals surface area contributed by atoms with Crippen molar-refractivity contribution in [3.05, 3.63) is 48.3 Å². The molecule has 0 aliphatic heterocycles. The summed E-state index contributed by atoms with van der Waals surface area (Å²) >= 11 is 0. The Kier molecular flexibility index (Phi) is 6.29. The van der Waals surface area contributed by atoms with Crippen molar-refractivity contribution in [1.82, 2.24) is 20.4 Å². The standard InChI is InChI=1S/C16H23N5O/c1-3-17-16(19-13-14-9-10-20-21(14)2)18-11-12-22-15-7-5-4-6-8-15/h4-10H,3,11-13H2,1-2H3,(H2,17,18,19). The Hall–Kier alpha value is -2.50. The zero-order valence-corrected chi connectivity index (χ0v) is 13.1. The fraction of sp³-hybridized carbons (Fsp3) is 0.375. The molecule has 0 unspecified atom stereocenters. The summed E-state index contributed by atoms with van der Waals surface area (Å²) in [4.78, 5) is 4.54. The van der Waals surface area contributed by atoms with E-state index >= 15 is 0 Å². The number of nitrogens with one attached hydrogen (secondary N) is 2. The SMILES string of the molecule is CCNC(=NCc1ccnn1C)NCCOc1ccccc1. The maximum atomic E-state index is 5.64. The number of nitrogens with zero attached hydrogens (tertiary/aromatic N) is 3. The Morgan fingerprint density at radius 1 is 1.23 bits per heavy atom. The number of hydrogen-bond acceptors (Lipinski definition) is 3. The van der Waals surface area contributed by atoms with Crippen molar-refractivity contribution in [2.75, 3.05) is 19.7 Å². The molecule has 118 valence electrons. The molecule has 1 aromatic carbocycles. The number of guanidine groups is 1. The fourth-order valence-corrected chi connectivity index (χ4v) is 1.91. The molecule has 0 fully saturated rings. The van der Waals surface area contributed by atoms with E-state index in [4.69, 9.17) is 4.74 Å². The van der Waals surface area contributed by atoms with E-state index in [1.165, 1.54) is 0 Å². The summed E-state index contributed by atoms with van der Waals surface area (Å²) in [5.74, 6) is 1.65. The number of para-hydroxylation sites is 1. The van der Waals surface area contributed by atoms with Gasteiger partial charge in [0.2, 0.25) is 0 Å². The van der Waals surface area contributed by atoms with E-state index in [1.807, 2.05) is 55.1 Å². The number of aryl methyl sites for hydroxylation is 1. The molecular formula is C16H23N5O. The molecule has 2 rings (SSSR count). The lowest BCUT2D eigenvalue weighted by atomic mass is 10.3. The first-order chi connectivity index (χ1) is 10.8. The van der Waals surface area contributed by atoms with Gasteiger partial charge in [-0.25, -0.2) is 4.99 Å². The molecular weight excluding hydrogens is 278 g/mol. The van der Waals surface area contributed by atoms with Crippen molar-refractivity contribution in [2.45, 2.75) is 13.5 Å². The van der Waals surface area contributed by atoms with Crippen LogP contribution >= 0.6 is 0 Å². The Balaban J connectivity index is 1.77. The largest absolute Gasteiger partial charge is 0.492 e. The van der Waals surface area contributed by atoms with Crippen molar-refractivity contribution >= 4 is 5.96 Å². The Morgan fingerprint density at radius 3 is 2.73 bits per heavy atom. The van der Waals surface area contributed by atoms with Crippen LogP contribution in [0.5, 0.6) is 5.75 Å². The van der Waals surface area contributed by atoms with E-state index in [2.05, 4.69) is 20.7 Å². The molecule has 0 amide bonds. The van der Waals surface area contributed by atoms with Crippen LogP contribution in [-0.2, 0) is 13.6 Å². The molecule has 0 saturated carbocycles. The molecule has 0 bridgehead atoms. The predicted molar refractivity (Wildman–Crippen MR) is 88.0 cm³/mol. The number of rotatable bonds is 7. The van der Waals surface area contributed by atoms with E-state index < -0.39 is 0 Å². The summed E-state index contributed by atoms with van der Waals surface area (Å²) < 4.78 is 7.47. The molecule has 0 spiro atoms. The maximum Gasteiger partial charge on any atom is 0.191 e. The summed E-state index contributed by atoms with van der Waals surface area (Å²) in [7, 11) is 1.92. The van der Waals surface area contributed by atoms with Crippen LogP contribution in [0.3, 0.4) is 0 Å². The molecule has 1 aromatic heterocycles. The Labute approximate surface area is 131 Å². The normalized spacial score (nSPS) is 11.3. The first kappa shape index (κ1) is 15.9. The first-order valence-corrected chi connectivity index (χ1v) is 7.46. The quantitative estimate of drug-likeness (QED) is 0.463. The topological polar surface area (TPSA) is 63.5 Å². The highest BCUT2D eigenvalue weighted by Crippen LogP contribution is 2.07. The highest BCUT2D eigenvalue weighted by atomic mass is 16.5. The maximum absolute atomic E-state index is 5.64. The van der Waals surface area contributed by atoms with Crippen LogP contribution in [0.1, 0.15) is 12.6 Å². The third kappa shape index (κ3) is 5.12. The first-order valence-electron chi connectivity index (χ1n) is 7.46. The minimum absolute atomic E-state index is 0.583. The Bertz CT molecular complexity index is 579. The molecule has 6 heteroatoms. The van der Waals surface area contributed by atoms with Gasteiger partial charge in [0.25, 0.3) is 0 Å². The van der Waals surface area contributed by atoms with Gasteiger partial charge in [-0.05, 0) is 25.1 Å². The van der Waals surface area contributed by atoms with Crippen LogP contribution in [0.15, 0.2) is 47.6 Å². The zero-order valence-electron chi connectivity index (χ0n) is 13.1. The minimum atomic E-state index is 0.583. The van der Waals surface area contributed by atoms with E-state index in [0.29, 0.717) is 19.7 Å². The van der Waals surface area contributed by atoms with E-state index in [9.17, 15) is 0 Å². The van der Waals surface area contributed by atoms with Crippen LogP contribution in [0.25, 0.3) is 0 Å². The fourth-order valence-electron chi connectivity index (χ4n) is 1.91. The van der Waals surface area contributed by atoms with Gasteiger partial charge in [-0.3, -0.25) is 4.68 Å². The third-order valence-corrected chi connectivity index (χ3v) is 3.07. The molecule has 0 aliphatic rings. The molecule has 2 N–H and O–H groups in total. The van der Waals surface area contributed by atoms with Gasteiger partial charge in [-0.15, -0.1) is 0 Å². The smallest absolute Gasteiger partial charge is 0.191 e. The molecule has 0 aliphatic carbocycles. The van der Waals surface area contributed by atoms with E-state index in [1.54, 1.807) is 6.20 Å². The van der Waals surface area contributed by atoms with Gasteiger partial charge in [0.1, 0.15) is 12.4 Å². The molecule has 0 saturated heterocycles. The second kappa shape index (κ2) is 8.71. The van der Waals surface area contributed by atoms with Gasteiger partial charge < -0.3 is 15.4 Å². The Morgan fingerprint density at radius 2 is 2.05 bits per heavy atom. The lowest BCUT2D eigenvalue weighted by Gasteiger charge is -2.12. The van der Waals surface area contributed by atoms with Gasteiger partial charge in [0, 0.05) is 19.8 Å². The average molecular weight is 301 g/mol. The monoisotopic (exact) mass is 301 g/mol. The van der Waals surface area contributed by atoms with Crippen molar-refractivity contribution in [1.29, 1.82) is 0 Å². The molecule has 0 radical (unpaired) electrons. The summed E-state index contributed by atoms with van der Waals surface area (Å²) in [5, 5.41) is 10.6. The molecule has 1 heterocycles. The predicted octanol–water partition coefficient (Wildman–Crippen LogP) is 1.55. The number of benzene rings is 1. The summed E-state index contributed by atoms with van der Waals surface area (Å²) in [6.07, 6.45) is 1.78. The average Bonchev–Trinajstić information content (AvgIpc) is 2.95. The number of ether oxygens (including phenoxy) is 1. The van der Waals surface area contributed by atoms with Gasteiger partial charge in [-0.2, -0.15) is 5.10 Å².